The summed E-state index contributed by atoms with van der Waals surface area (Å²) < 4.78 is 0. The van der Waals surface area contributed by atoms with Crippen LogP contribution >= 0.6 is 0 Å². The minimum atomic E-state index is 0.830. The largest absolute Gasteiger partial charge is 0.303 e. The Bertz CT molecular complexity index is 158. The summed E-state index contributed by atoms with van der Waals surface area (Å²) in [6, 6.07) is 0. The SMILES string of the molecule is CC(C)CCN1CCC2(CC2)C1. The van der Waals surface area contributed by atoms with Gasteiger partial charge in [0.05, 0.1) is 0 Å². The molecule has 1 spiro atoms. The molecule has 0 atom stereocenters. The van der Waals surface area contributed by atoms with E-state index >= 15 is 0 Å². The van der Waals surface area contributed by atoms with Gasteiger partial charge in [-0.15, -0.1) is 0 Å². The molecule has 2 aliphatic rings. The van der Waals surface area contributed by atoms with E-state index < -0.39 is 0 Å². The quantitative estimate of drug-likeness (QED) is 0.624. The average Bonchev–Trinajstić information content (AvgIpc) is 2.60. The van der Waals surface area contributed by atoms with Crippen molar-refractivity contribution >= 4 is 0 Å². The second-order valence-electron chi connectivity index (χ2n) is 5.21. The standard InChI is InChI=1S/C11H21N/c1-10(2)3-7-12-8-6-11(9-12)4-5-11/h10H,3-9H2,1-2H3. The minimum Gasteiger partial charge on any atom is -0.303 e. The summed E-state index contributed by atoms with van der Waals surface area (Å²) >= 11 is 0. The molecule has 0 bridgehead atoms. The highest BCUT2D eigenvalue weighted by Gasteiger charge is 2.47. The third-order valence-electron chi connectivity index (χ3n) is 3.50. The molecule has 1 nitrogen and oxygen atoms in total. The van der Waals surface area contributed by atoms with Crippen LogP contribution in [0.25, 0.3) is 0 Å². The van der Waals surface area contributed by atoms with Gasteiger partial charge in [0.15, 0.2) is 0 Å². The molecule has 0 N–H and O–H groups in total. The summed E-state index contributed by atoms with van der Waals surface area (Å²) in [5, 5.41) is 0. The van der Waals surface area contributed by atoms with Crippen molar-refractivity contribution in [1.82, 2.24) is 4.90 Å². The van der Waals surface area contributed by atoms with Gasteiger partial charge in [0.1, 0.15) is 0 Å². The van der Waals surface area contributed by atoms with Crippen LogP contribution in [0.1, 0.15) is 39.5 Å². The van der Waals surface area contributed by atoms with Gasteiger partial charge in [-0.05, 0) is 50.1 Å². The second kappa shape index (κ2) is 3.02. The highest BCUT2D eigenvalue weighted by Crippen LogP contribution is 2.52. The van der Waals surface area contributed by atoms with Gasteiger partial charge in [-0.2, -0.15) is 0 Å². The van der Waals surface area contributed by atoms with Crippen LogP contribution in [0.15, 0.2) is 0 Å². The lowest BCUT2D eigenvalue weighted by atomic mass is 10.1. The summed E-state index contributed by atoms with van der Waals surface area (Å²) in [5.74, 6) is 0.876. The van der Waals surface area contributed by atoms with Crippen molar-refractivity contribution in [2.24, 2.45) is 11.3 Å². The lowest BCUT2D eigenvalue weighted by Crippen LogP contribution is -2.23. The molecule has 70 valence electrons. The van der Waals surface area contributed by atoms with Crippen LogP contribution in [0.2, 0.25) is 0 Å². The lowest BCUT2D eigenvalue weighted by Gasteiger charge is -2.16. The predicted molar refractivity (Wildman–Crippen MR) is 52.2 cm³/mol. The van der Waals surface area contributed by atoms with Gasteiger partial charge in [-0.3, -0.25) is 0 Å². The Kier molecular flexibility index (Phi) is 2.16. The van der Waals surface area contributed by atoms with E-state index in [1.807, 2.05) is 0 Å². The smallest absolute Gasteiger partial charge is 0.00385 e. The summed E-state index contributed by atoms with van der Waals surface area (Å²) in [6.07, 6.45) is 5.91. The molecule has 2 rings (SSSR count). The molecule has 0 amide bonds. The van der Waals surface area contributed by atoms with Crippen molar-refractivity contribution in [3.8, 4) is 0 Å². The van der Waals surface area contributed by atoms with Gasteiger partial charge < -0.3 is 4.90 Å². The van der Waals surface area contributed by atoms with E-state index in [1.165, 1.54) is 45.3 Å². The van der Waals surface area contributed by atoms with Crippen molar-refractivity contribution < 1.29 is 0 Å². The van der Waals surface area contributed by atoms with E-state index in [4.69, 9.17) is 0 Å². The molecule has 0 unspecified atom stereocenters. The van der Waals surface area contributed by atoms with Crippen LogP contribution in [0, 0.1) is 11.3 Å². The van der Waals surface area contributed by atoms with E-state index in [-0.39, 0.29) is 0 Å². The van der Waals surface area contributed by atoms with Gasteiger partial charge in [0.2, 0.25) is 0 Å². The average molecular weight is 167 g/mol. The van der Waals surface area contributed by atoms with Gasteiger partial charge >= 0.3 is 0 Å². The Balaban J connectivity index is 1.70. The van der Waals surface area contributed by atoms with Gasteiger partial charge in [-0.1, -0.05) is 13.8 Å². The zero-order chi connectivity index (χ0) is 8.60. The molecule has 2 fully saturated rings. The normalized spacial score (nSPS) is 27.2. The zero-order valence-corrected chi connectivity index (χ0v) is 8.47. The van der Waals surface area contributed by atoms with Gasteiger partial charge in [0, 0.05) is 6.54 Å². The maximum Gasteiger partial charge on any atom is 0.00385 e. The Morgan fingerprint density at radius 2 is 2.00 bits per heavy atom. The Morgan fingerprint density at radius 3 is 2.50 bits per heavy atom. The number of nitrogens with zero attached hydrogens (tertiary/aromatic N) is 1. The monoisotopic (exact) mass is 167 g/mol. The first-order chi connectivity index (χ1) is 5.70. The van der Waals surface area contributed by atoms with Crippen LogP contribution < -0.4 is 0 Å². The van der Waals surface area contributed by atoms with Crippen LogP contribution in [-0.4, -0.2) is 24.5 Å². The third kappa shape index (κ3) is 1.82. The molecule has 0 aromatic carbocycles. The maximum absolute atomic E-state index is 2.67. The highest BCUT2D eigenvalue weighted by atomic mass is 15.2. The Hall–Kier alpha value is -0.0400. The molecule has 12 heavy (non-hydrogen) atoms. The fourth-order valence-electron chi connectivity index (χ4n) is 2.24. The predicted octanol–water partition coefficient (Wildman–Crippen LogP) is 2.52. The summed E-state index contributed by atoms with van der Waals surface area (Å²) in [4.78, 5) is 2.67. The van der Waals surface area contributed by atoms with Crippen molar-refractivity contribution in [3.63, 3.8) is 0 Å². The van der Waals surface area contributed by atoms with Crippen molar-refractivity contribution in [1.29, 1.82) is 0 Å². The Labute approximate surface area is 76.1 Å². The summed E-state index contributed by atoms with van der Waals surface area (Å²) in [5.41, 5.74) is 0.830. The molecule has 1 heterocycles. The number of hydrogen-bond acceptors (Lipinski definition) is 1. The highest BCUT2D eigenvalue weighted by molar-refractivity contribution is 5.00. The van der Waals surface area contributed by atoms with Crippen LogP contribution in [0.5, 0.6) is 0 Å². The fraction of sp³-hybridized carbons (Fsp3) is 1.00. The van der Waals surface area contributed by atoms with Crippen molar-refractivity contribution in [3.05, 3.63) is 0 Å². The molecule has 1 aliphatic heterocycles. The molecule has 0 radical (unpaired) electrons. The number of rotatable bonds is 3. The molecule has 1 aliphatic carbocycles. The summed E-state index contributed by atoms with van der Waals surface area (Å²) in [7, 11) is 0. The molecule has 1 saturated carbocycles. The zero-order valence-electron chi connectivity index (χ0n) is 8.47. The first kappa shape index (κ1) is 8.55. The molecule has 0 aromatic rings. The van der Waals surface area contributed by atoms with Crippen LogP contribution in [0.3, 0.4) is 0 Å². The van der Waals surface area contributed by atoms with Crippen molar-refractivity contribution in [2.75, 3.05) is 19.6 Å². The third-order valence-corrected chi connectivity index (χ3v) is 3.50. The maximum atomic E-state index is 2.67. The van der Waals surface area contributed by atoms with E-state index in [1.54, 1.807) is 0 Å². The molecule has 1 heteroatoms. The molecular formula is C11H21N. The van der Waals surface area contributed by atoms with Crippen LogP contribution in [0.4, 0.5) is 0 Å². The fourth-order valence-corrected chi connectivity index (χ4v) is 2.24. The molecule has 0 aromatic heterocycles. The first-order valence-corrected chi connectivity index (χ1v) is 5.43. The van der Waals surface area contributed by atoms with Crippen LogP contribution in [-0.2, 0) is 0 Å². The number of hydrogen-bond donors (Lipinski definition) is 0. The minimum absolute atomic E-state index is 0.830. The lowest BCUT2D eigenvalue weighted by molar-refractivity contribution is 0.298. The molecule has 1 saturated heterocycles. The van der Waals surface area contributed by atoms with Crippen molar-refractivity contribution in [2.45, 2.75) is 39.5 Å². The molecular weight excluding hydrogens is 146 g/mol. The first-order valence-electron chi connectivity index (χ1n) is 5.43. The number of likely N-dealkylation sites (tertiary alicyclic amines) is 1. The second-order valence-corrected chi connectivity index (χ2v) is 5.21. The van der Waals surface area contributed by atoms with E-state index in [0.717, 1.165) is 11.3 Å². The van der Waals surface area contributed by atoms with Gasteiger partial charge in [-0.25, -0.2) is 0 Å². The Morgan fingerprint density at radius 1 is 1.25 bits per heavy atom. The summed E-state index contributed by atoms with van der Waals surface area (Å²) in [6.45, 7) is 8.79. The van der Waals surface area contributed by atoms with E-state index in [0.29, 0.717) is 0 Å². The van der Waals surface area contributed by atoms with E-state index in [9.17, 15) is 0 Å². The van der Waals surface area contributed by atoms with E-state index in [2.05, 4.69) is 18.7 Å². The topological polar surface area (TPSA) is 3.24 Å². The van der Waals surface area contributed by atoms with Gasteiger partial charge in [0.25, 0.3) is 0 Å².